The molecule has 18 heavy (non-hydrogen) atoms. The van der Waals surface area contributed by atoms with Crippen molar-refractivity contribution in [2.75, 3.05) is 0 Å². The monoisotopic (exact) mass is 247 g/mol. The summed E-state index contributed by atoms with van der Waals surface area (Å²) in [6, 6.07) is 3.27. The quantitative estimate of drug-likeness (QED) is 0.709. The van der Waals surface area contributed by atoms with Crippen LogP contribution >= 0.6 is 0 Å². The maximum absolute atomic E-state index is 12.8. The van der Waals surface area contributed by atoms with Gasteiger partial charge in [-0.25, -0.2) is 4.98 Å². The predicted molar refractivity (Wildman–Crippen MR) is 56.7 cm³/mol. The van der Waals surface area contributed by atoms with Gasteiger partial charge in [-0.3, -0.25) is 5.10 Å². The number of hydrogen-bond acceptors (Lipinski definition) is 6. The first-order chi connectivity index (χ1) is 8.74. The van der Waals surface area contributed by atoms with Crippen LogP contribution in [0.1, 0.15) is 0 Å². The van der Waals surface area contributed by atoms with Gasteiger partial charge in [0.15, 0.2) is 5.82 Å². The maximum Gasteiger partial charge on any atom is 0.251 e. The van der Waals surface area contributed by atoms with Gasteiger partial charge in [0.05, 0.1) is 11.9 Å². The van der Waals surface area contributed by atoms with E-state index in [0.29, 0.717) is 17.1 Å². The van der Waals surface area contributed by atoms with Gasteiger partial charge < -0.3 is 9.63 Å². The minimum absolute atomic E-state index is 0.111. The number of aromatic amines is 1. The van der Waals surface area contributed by atoms with E-state index in [0.717, 1.165) is 6.20 Å². The zero-order valence-electron chi connectivity index (χ0n) is 8.83. The molecule has 0 spiro atoms. The zero-order chi connectivity index (χ0) is 12.5. The molecule has 2 N–H and O–H groups in total. The van der Waals surface area contributed by atoms with Crippen LogP contribution in [-0.4, -0.2) is 30.4 Å². The molecule has 0 atom stereocenters. The Bertz CT molecular complexity index is 679. The normalized spacial score (nSPS) is 10.7. The van der Waals surface area contributed by atoms with Crippen LogP contribution in [0.5, 0.6) is 5.88 Å². The summed E-state index contributed by atoms with van der Waals surface area (Å²) in [6.07, 6.45) is 2.30. The van der Waals surface area contributed by atoms with Crippen LogP contribution in [-0.2, 0) is 0 Å². The number of nitrogens with zero attached hydrogens (tertiary/aromatic N) is 4. The number of halogens is 1. The van der Waals surface area contributed by atoms with Crippen molar-refractivity contribution in [2.45, 2.75) is 0 Å². The van der Waals surface area contributed by atoms with Crippen molar-refractivity contribution in [2.24, 2.45) is 0 Å². The van der Waals surface area contributed by atoms with E-state index in [-0.39, 0.29) is 5.82 Å². The van der Waals surface area contributed by atoms with Gasteiger partial charge in [-0.05, 0) is 6.07 Å². The Labute approximate surface area is 99.3 Å². The molecule has 0 aliphatic carbocycles. The van der Waals surface area contributed by atoms with Crippen molar-refractivity contribution in [3.05, 3.63) is 30.4 Å². The van der Waals surface area contributed by atoms with E-state index >= 15 is 0 Å². The average molecular weight is 247 g/mol. The van der Waals surface area contributed by atoms with Crippen molar-refractivity contribution in [3.63, 3.8) is 0 Å². The van der Waals surface area contributed by atoms with Crippen LogP contribution in [0.15, 0.2) is 29.1 Å². The Morgan fingerprint density at radius 3 is 2.94 bits per heavy atom. The van der Waals surface area contributed by atoms with Gasteiger partial charge in [-0.1, -0.05) is 5.16 Å². The van der Waals surface area contributed by atoms with E-state index < -0.39 is 11.7 Å². The highest BCUT2D eigenvalue weighted by molar-refractivity contribution is 5.61. The molecule has 0 bridgehead atoms. The maximum atomic E-state index is 12.8. The van der Waals surface area contributed by atoms with Gasteiger partial charge in [-0.2, -0.15) is 14.5 Å². The second kappa shape index (κ2) is 3.91. The lowest BCUT2D eigenvalue weighted by atomic mass is 10.3. The third-order valence-electron chi connectivity index (χ3n) is 2.25. The second-order valence-corrected chi connectivity index (χ2v) is 3.42. The summed E-state index contributed by atoms with van der Waals surface area (Å²) in [5, 5.41) is 19.6. The third kappa shape index (κ3) is 1.69. The molecule has 0 saturated carbocycles. The first-order valence-corrected chi connectivity index (χ1v) is 4.92. The van der Waals surface area contributed by atoms with Crippen LogP contribution in [0.2, 0.25) is 0 Å². The van der Waals surface area contributed by atoms with Crippen molar-refractivity contribution in [1.29, 1.82) is 0 Å². The van der Waals surface area contributed by atoms with Gasteiger partial charge >= 0.3 is 0 Å². The number of aromatic hydroxyl groups is 1. The van der Waals surface area contributed by atoms with Gasteiger partial charge in [0.2, 0.25) is 5.82 Å². The molecule has 0 fully saturated rings. The molecule has 0 unspecified atom stereocenters. The van der Waals surface area contributed by atoms with Crippen LogP contribution in [0.3, 0.4) is 0 Å². The summed E-state index contributed by atoms with van der Waals surface area (Å²) in [5.41, 5.74) is 1.54. The van der Waals surface area contributed by atoms with Crippen LogP contribution in [0.4, 0.5) is 4.39 Å². The van der Waals surface area contributed by atoms with Crippen molar-refractivity contribution >= 4 is 0 Å². The van der Waals surface area contributed by atoms with Gasteiger partial charge in [0.25, 0.3) is 5.88 Å². The summed E-state index contributed by atoms with van der Waals surface area (Å²) in [6.45, 7) is 0. The molecular formula is C10H6FN5O2. The molecule has 0 saturated heterocycles. The highest BCUT2D eigenvalue weighted by atomic mass is 19.1. The Hall–Kier alpha value is -2.77. The second-order valence-electron chi connectivity index (χ2n) is 3.42. The number of nitrogens with one attached hydrogen (secondary N) is 1. The molecule has 90 valence electrons. The zero-order valence-corrected chi connectivity index (χ0v) is 8.83. The Kier molecular flexibility index (Phi) is 2.26. The summed E-state index contributed by atoms with van der Waals surface area (Å²) in [5.74, 6) is -1.49. The summed E-state index contributed by atoms with van der Waals surface area (Å²) in [4.78, 5) is 7.31. The minimum Gasteiger partial charge on any atom is -0.491 e. The molecule has 0 aliphatic heterocycles. The fourth-order valence-corrected chi connectivity index (χ4v) is 1.40. The lowest BCUT2D eigenvalue weighted by Gasteiger charge is -1.96. The highest BCUT2D eigenvalue weighted by Gasteiger charge is 2.12. The van der Waals surface area contributed by atoms with E-state index in [9.17, 15) is 4.39 Å². The molecule has 3 rings (SSSR count). The number of aromatic nitrogens is 5. The summed E-state index contributed by atoms with van der Waals surface area (Å²) < 4.78 is 17.5. The van der Waals surface area contributed by atoms with Crippen LogP contribution < -0.4 is 0 Å². The first kappa shape index (κ1) is 10.4. The van der Waals surface area contributed by atoms with E-state index in [1.807, 2.05) is 0 Å². The van der Waals surface area contributed by atoms with Gasteiger partial charge in [-0.15, -0.1) is 0 Å². The van der Waals surface area contributed by atoms with E-state index in [1.165, 1.54) is 6.26 Å². The van der Waals surface area contributed by atoms with Crippen molar-refractivity contribution in [3.8, 4) is 28.8 Å². The van der Waals surface area contributed by atoms with E-state index in [4.69, 9.17) is 9.63 Å². The summed E-state index contributed by atoms with van der Waals surface area (Å²) >= 11 is 0. The molecule has 3 aromatic rings. The highest BCUT2D eigenvalue weighted by Crippen LogP contribution is 2.21. The molecular weight excluding hydrogens is 241 g/mol. The number of H-pyrrole nitrogens is 1. The fraction of sp³-hybridized carbons (Fsp3) is 0. The predicted octanol–water partition coefficient (Wildman–Crippen LogP) is 1.37. The first-order valence-electron chi connectivity index (χ1n) is 4.92. The summed E-state index contributed by atoms with van der Waals surface area (Å²) in [7, 11) is 0. The average Bonchev–Trinajstić information content (AvgIpc) is 3.01. The SMILES string of the molecule is Oc1nc(-c2cc(-c3ccon3)[nH]n2)ncc1F. The Balaban J connectivity index is 2.00. The molecule has 0 radical (unpaired) electrons. The number of hydrogen-bond donors (Lipinski definition) is 2. The number of rotatable bonds is 2. The lowest BCUT2D eigenvalue weighted by Crippen LogP contribution is -1.91. The molecule has 3 aromatic heterocycles. The molecule has 7 nitrogen and oxygen atoms in total. The lowest BCUT2D eigenvalue weighted by molar-refractivity contribution is 0.409. The van der Waals surface area contributed by atoms with Gasteiger partial charge in [0, 0.05) is 6.07 Å². The smallest absolute Gasteiger partial charge is 0.251 e. The Morgan fingerprint density at radius 1 is 1.33 bits per heavy atom. The van der Waals surface area contributed by atoms with Crippen LogP contribution in [0.25, 0.3) is 22.9 Å². The topological polar surface area (TPSA) is 101 Å². The van der Waals surface area contributed by atoms with Gasteiger partial charge in [0.1, 0.15) is 17.7 Å². The van der Waals surface area contributed by atoms with Crippen LogP contribution in [0, 0.1) is 5.82 Å². The standard InChI is InChI=1S/C10H6FN5O2/c11-5-4-12-9(13-10(5)17)8-3-7(14-15-8)6-1-2-18-16-6/h1-4H,(H,14,15)(H,12,13,17). The minimum atomic E-state index is -0.883. The van der Waals surface area contributed by atoms with Crippen molar-refractivity contribution < 1.29 is 14.0 Å². The fourth-order valence-electron chi connectivity index (χ4n) is 1.40. The molecule has 3 heterocycles. The molecule has 0 aromatic carbocycles. The molecule has 0 aliphatic rings. The Morgan fingerprint density at radius 2 is 2.22 bits per heavy atom. The van der Waals surface area contributed by atoms with E-state index in [1.54, 1.807) is 12.1 Å². The van der Waals surface area contributed by atoms with Crippen molar-refractivity contribution in [1.82, 2.24) is 25.3 Å². The molecule has 8 heteroatoms. The van der Waals surface area contributed by atoms with E-state index in [2.05, 4.69) is 25.3 Å². The largest absolute Gasteiger partial charge is 0.491 e. The molecule has 0 amide bonds. The third-order valence-corrected chi connectivity index (χ3v) is 2.25.